The van der Waals surface area contributed by atoms with Crippen molar-refractivity contribution < 1.29 is 9.18 Å². The van der Waals surface area contributed by atoms with Crippen LogP contribution in [0.4, 0.5) is 15.8 Å². The van der Waals surface area contributed by atoms with E-state index < -0.39 is 11.7 Å². The van der Waals surface area contributed by atoms with Crippen LogP contribution in [0.1, 0.15) is 21.7 Å². The van der Waals surface area contributed by atoms with Crippen molar-refractivity contribution in [1.82, 2.24) is 4.98 Å². The van der Waals surface area contributed by atoms with Gasteiger partial charge in [-0.05, 0) is 38.1 Å². The Kier molecular flexibility index (Phi) is 3.46. The molecule has 0 atom stereocenters. The molecule has 4 nitrogen and oxygen atoms in total. The number of pyridine rings is 1. The molecule has 1 heterocycles. The largest absolute Gasteiger partial charge is 0.397 e. The average molecular weight is 259 g/mol. The van der Waals surface area contributed by atoms with Gasteiger partial charge < -0.3 is 11.1 Å². The number of carbonyl (C=O) groups is 1. The third-order valence-electron chi connectivity index (χ3n) is 2.75. The number of hydrogen-bond acceptors (Lipinski definition) is 3. The van der Waals surface area contributed by atoms with Crippen LogP contribution in [0.2, 0.25) is 0 Å². The van der Waals surface area contributed by atoms with E-state index in [0.717, 1.165) is 5.69 Å². The number of anilines is 2. The summed E-state index contributed by atoms with van der Waals surface area (Å²) in [5.74, 6) is -0.993. The maximum Gasteiger partial charge on any atom is 0.257 e. The van der Waals surface area contributed by atoms with E-state index in [4.69, 9.17) is 5.73 Å². The molecule has 2 aromatic rings. The minimum atomic E-state index is -0.564. The lowest BCUT2D eigenvalue weighted by Crippen LogP contribution is -2.16. The van der Waals surface area contributed by atoms with Crippen LogP contribution >= 0.6 is 0 Å². The summed E-state index contributed by atoms with van der Waals surface area (Å²) in [6.07, 6.45) is 0. The van der Waals surface area contributed by atoms with Crippen LogP contribution in [-0.2, 0) is 0 Å². The zero-order valence-corrected chi connectivity index (χ0v) is 10.7. The molecule has 0 unspecified atom stereocenters. The molecule has 0 aliphatic heterocycles. The summed E-state index contributed by atoms with van der Waals surface area (Å²) in [6, 6.07) is 7.64. The van der Waals surface area contributed by atoms with Crippen LogP contribution in [0.3, 0.4) is 0 Å². The van der Waals surface area contributed by atoms with E-state index >= 15 is 0 Å². The summed E-state index contributed by atoms with van der Waals surface area (Å²) in [5, 5.41) is 2.48. The maximum absolute atomic E-state index is 13.6. The number of nitrogens with zero attached hydrogens (tertiary/aromatic N) is 1. The molecule has 0 saturated heterocycles. The molecular formula is C14H14FN3O. The predicted molar refractivity (Wildman–Crippen MR) is 72.5 cm³/mol. The van der Waals surface area contributed by atoms with Gasteiger partial charge in [-0.2, -0.15) is 0 Å². The molecule has 98 valence electrons. The van der Waals surface area contributed by atoms with Gasteiger partial charge in [-0.25, -0.2) is 4.39 Å². The van der Waals surface area contributed by atoms with E-state index in [0.29, 0.717) is 11.3 Å². The van der Waals surface area contributed by atoms with Gasteiger partial charge in [-0.15, -0.1) is 0 Å². The molecule has 0 spiro atoms. The number of rotatable bonds is 2. The molecule has 3 N–H and O–H groups in total. The molecule has 0 bridgehead atoms. The Morgan fingerprint density at radius 2 is 2.00 bits per heavy atom. The second-order valence-corrected chi connectivity index (χ2v) is 4.24. The number of aryl methyl sites for hydroxylation is 2. The number of nitrogens with two attached hydrogens (primary N) is 1. The van der Waals surface area contributed by atoms with Gasteiger partial charge in [0.25, 0.3) is 5.91 Å². The van der Waals surface area contributed by atoms with Crippen molar-refractivity contribution in [2.24, 2.45) is 0 Å². The number of benzene rings is 1. The minimum absolute atomic E-state index is 0.00697. The van der Waals surface area contributed by atoms with Crippen molar-refractivity contribution in [3.63, 3.8) is 0 Å². The van der Waals surface area contributed by atoms with Crippen molar-refractivity contribution in [2.45, 2.75) is 13.8 Å². The lowest BCUT2D eigenvalue weighted by atomic mass is 10.1. The van der Waals surface area contributed by atoms with E-state index in [1.54, 1.807) is 19.1 Å². The van der Waals surface area contributed by atoms with Gasteiger partial charge in [0, 0.05) is 5.69 Å². The summed E-state index contributed by atoms with van der Waals surface area (Å²) in [7, 11) is 0. The smallest absolute Gasteiger partial charge is 0.257 e. The van der Waals surface area contributed by atoms with E-state index in [9.17, 15) is 9.18 Å². The molecule has 19 heavy (non-hydrogen) atoms. The van der Waals surface area contributed by atoms with E-state index in [2.05, 4.69) is 10.3 Å². The first-order chi connectivity index (χ1) is 8.99. The van der Waals surface area contributed by atoms with E-state index in [1.165, 1.54) is 18.2 Å². The highest BCUT2D eigenvalue weighted by Crippen LogP contribution is 2.22. The third-order valence-corrected chi connectivity index (χ3v) is 2.75. The fraction of sp³-hybridized carbons (Fsp3) is 0.143. The zero-order chi connectivity index (χ0) is 14.0. The van der Waals surface area contributed by atoms with Crippen molar-refractivity contribution >= 4 is 17.3 Å². The fourth-order valence-electron chi connectivity index (χ4n) is 1.78. The van der Waals surface area contributed by atoms with E-state index in [1.807, 2.05) is 6.92 Å². The topological polar surface area (TPSA) is 68.0 Å². The highest BCUT2D eigenvalue weighted by atomic mass is 19.1. The molecular weight excluding hydrogens is 245 g/mol. The number of nitrogen functional groups attached to an aromatic ring is 1. The molecule has 1 aromatic carbocycles. The number of amides is 1. The number of para-hydroxylation sites is 1. The summed E-state index contributed by atoms with van der Waals surface area (Å²) in [6.45, 7) is 3.57. The molecule has 0 fully saturated rings. The molecule has 0 saturated carbocycles. The molecule has 2 rings (SSSR count). The number of halogens is 1. The van der Waals surface area contributed by atoms with Gasteiger partial charge in [0.05, 0.1) is 16.9 Å². The zero-order valence-electron chi connectivity index (χ0n) is 10.7. The second-order valence-electron chi connectivity index (χ2n) is 4.24. The van der Waals surface area contributed by atoms with Crippen LogP contribution in [0, 0.1) is 19.7 Å². The molecule has 0 aliphatic rings. The highest BCUT2D eigenvalue weighted by molar-refractivity contribution is 6.06. The van der Waals surface area contributed by atoms with Crippen LogP contribution in [0.15, 0.2) is 30.3 Å². The number of aromatic nitrogens is 1. The Labute approximate surface area is 110 Å². The van der Waals surface area contributed by atoms with Gasteiger partial charge in [0.1, 0.15) is 11.5 Å². The molecule has 1 aromatic heterocycles. The summed E-state index contributed by atoms with van der Waals surface area (Å²) in [4.78, 5) is 16.3. The highest BCUT2D eigenvalue weighted by Gasteiger charge is 2.14. The SMILES string of the molecule is Cc1ccc(C(=O)Nc2c(N)cccc2F)c(C)n1. The Morgan fingerprint density at radius 3 is 2.63 bits per heavy atom. The van der Waals surface area contributed by atoms with Crippen molar-refractivity contribution in [3.8, 4) is 0 Å². The monoisotopic (exact) mass is 259 g/mol. The van der Waals surface area contributed by atoms with E-state index in [-0.39, 0.29) is 11.4 Å². The summed E-state index contributed by atoms with van der Waals surface area (Å²) >= 11 is 0. The third kappa shape index (κ3) is 2.70. The Hall–Kier alpha value is -2.43. The molecule has 5 heteroatoms. The summed E-state index contributed by atoms with van der Waals surface area (Å²) < 4.78 is 13.6. The van der Waals surface area contributed by atoms with Gasteiger partial charge >= 0.3 is 0 Å². The lowest BCUT2D eigenvalue weighted by Gasteiger charge is -2.10. The molecule has 0 aliphatic carbocycles. The first kappa shape index (κ1) is 13.0. The Balaban J connectivity index is 2.31. The van der Waals surface area contributed by atoms with Gasteiger partial charge in [0.15, 0.2) is 0 Å². The number of hydrogen-bond donors (Lipinski definition) is 2. The Bertz CT molecular complexity index is 620. The quantitative estimate of drug-likeness (QED) is 0.815. The van der Waals surface area contributed by atoms with Crippen LogP contribution in [0.25, 0.3) is 0 Å². The van der Waals surface area contributed by atoms with Crippen LogP contribution in [-0.4, -0.2) is 10.9 Å². The van der Waals surface area contributed by atoms with Crippen molar-refractivity contribution in [3.05, 3.63) is 53.1 Å². The predicted octanol–water partition coefficient (Wildman–Crippen LogP) is 2.67. The van der Waals surface area contributed by atoms with Crippen LogP contribution in [0.5, 0.6) is 0 Å². The molecule has 1 amide bonds. The lowest BCUT2D eigenvalue weighted by molar-refractivity contribution is 0.102. The fourth-order valence-corrected chi connectivity index (χ4v) is 1.78. The minimum Gasteiger partial charge on any atom is -0.397 e. The maximum atomic E-state index is 13.6. The normalized spacial score (nSPS) is 10.3. The van der Waals surface area contributed by atoms with Gasteiger partial charge in [-0.3, -0.25) is 9.78 Å². The summed E-state index contributed by atoms with van der Waals surface area (Å²) in [5.41, 5.74) is 7.62. The number of nitrogens with one attached hydrogen (secondary N) is 1. The first-order valence-electron chi connectivity index (χ1n) is 5.78. The molecule has 0 radical (unpaired) electrons. The first-order valence-corrected chi connectivity index (χ1v) is 5.78. The second kappa shape index (κ2) is 5.06. The van der Waals surface area contributed by atoms with Crippen LogP contribution < -0.4 is 11.1 Å². The van der Waals surface area contributed by atoms with Crippen molar-refractivity contribution in [2.75, 3.05) is 11.1 Å². The Morgan fingerprint density at radius 1 is 1.26 bits per heavy atom. The standard InChI is InChI=1S/C14H14FN3O/c1-8-6-7-10(9(2)17-8)14(19)18-13-11(15)4-3-5-12(13)16/h3-7H,16H2,1-2H3,(H,18,19). The van der Waals surface area contributed by atoms with Crippen molar-refractivity contribution in [1.29, 1.82) is 0 Å². The van der Waals surface area contributed by atoms with Gasteiger partial charge in [0.2, 0.25) is 0 Å². The van der Waals surface area contributed by atoms with Gasteiger partial charge in [-0.1, -0.05) is 6.07 Å². The average Bonchev–Trinajstić information content (AvgIpc) is 2.33. The number of carbonyl (C=O) groups excluding carboxylic acids is 1.